The molecule has 0 spiro atoms. The Kier molecular flexibility index (Phi) is 7.18. The van der Waals surface area contributed by atoms with Crippen LogP contribution in [0.2, 0.25) is 5.02 Å². The zero-order valence-corrected chi connectivity index (χ0v) is 18.5. The van der Waals surface area contributed by atoms with E-state index < -0.39 is 12.0 Å². The Morgan fingerprint density at radius 1 is 1.15 bits per heavy atom. The molecule has 3 aromatic heterocycles. The summed E-state index contributed by atoms with van der Waals surface area (Å²) in [5.74, 6) is 0.451. The van der Waals surface area contributed by atoms with Gasteiger partial charge in [0.2, 0.25) is 5.95 Å². The average Bonchev–Trinajstić information content (AvgIpc) is 2.79. The van der Waals surface area contributed by atoms with Gasteiger partial charge in [0, 0.05) is 18.2 Å². The first kappa shape index (κ1) is 24.3. The topological polar surface area (TPSA) is 175 Å². The van der Waals surface area contributed by atoms with E-state index in [1.165, 1.54) is 16.8 Å². The summed E-state index contributed by atoms with van der Waals surface area (Å²) in [5.41, 5.74) is 15.9. The maximum Gasteiger partial charge on any atom is 0.267 e. The number of pyridine rings is 1. The van der Waals surface area contributed by atoms with Crippen molar-refractivity contribution in [2.45, 2.75) is 19.8 Å². The zero-order chi connectivity index (χ0) is 25.0. The van der Waals surface area contributed by atoms with E-state index in [0.29, 0.717) is 17.8 Å². The molecule has 0 unspecified atom stereocenters. The van der Waals surface area contributed by atoms with Gasteiger partial charge >= 0.3 is 0 Å². The number of anilines is 3. The monoisotopic (exact) mass is 485 g/mol. The summed E-state index contributed by atoms with van der Waals surface area (Å²) in [6.07, 6.45) is 0.222. The number of halogens is 3. The van der Waals surface area contributed by atoms with Crippen molar-refractivity contribution in [2.24, 2.45) is 0 Å². The lowest BCUT2D eigenvalue weighted by Gasteiger charge is -2.13. The van der Waals surface area contributed by atoms with E-state index in [9.17, 15) is 13.6 Å². The van der Waals surface area contributed by atoms with Gasteiger partial charge in [-0.1, -0.05) is 24.6 Å². The normalized spacial score (nSPS) is 10.6. The van der Waals surface area contributed by atoms with Crippen LogP contribution in [0, 0.1) is 11.3 Å². The summed E-state index contributed by atoms with van der Waals surface area (Å²) in [4.78, 5) is 28.2. The van der Waals surface area contributed by atoms with Gasteiger partial charge in [-0.3, -0.25) is 14.3 Å². The average molecular weight is 486 g/mol. The fourth-order valence-electron chi connectivity index (χ4n) is 3.06. The highest BCUT2D eigenvalue weighted by molar-refractivity contribution is 6.35. The molecule has 0 aliphatic heterocycles. The molecule has 0 amide bonds. The first-order valence-electron chi connectivity index (χ1n) is 9.70. The third kappa shape index (κ3) is 4.84. The minimum atomic E-state index is -2.67. The summed E-state index contributed by atoms with van der Waals surface area (Å²) in [6, 6.07) is 8.00. The Morgan fingerprint density at radius 2 is 1.82 bits per heavy atom. The predicted molar refractivity (Wildman–Crippen MR) is 124 cm³/mol. The number of nitriles is 1. The molecule has 1 aromatic carbocycles. The molecule has 13 heteroatoms. The van der Waals surface area contributed by atoms with E-state index in [1.54, 1.807) is 24.3 Å². The maximum absolute atomic E-state index is 12.9. The summed E-state index contributed by atoms with van der Waals surface area (Å²) in [7, 11) is 0. The Hall–Kier alpha value is -4.37. The number of aryl methyl sites for hydroxylation is 1. The van der Waals surface area contributed by atoms with Crippen LogP contribution in [0.25, 0.3) is 16.6 Å². The van der Waals surface area contributed by atoms with Gasteiger partial charge in [-0.05, 0) is 18.2 Å². The number of hydrogen-bond acceptors (Lipinski definition) is 9. The lowest BCUT2D eigenvalue weighted by molar-refractivity contribution is 0.151. The fraction of sp³-hybridized carbons (Fsp3) is 0.143. The molecule has 0 saturated heterocycles. The summed E-state index contributed by atoms with van der Waals surface area (Å²) in [5, 5.41) is 8.99. The van der Waals surface area contributed by atoms with E-state index in [1.807, 2.05) is 6.92 Å². The highest BCUT2D eigenvalue weighted by Gasteiger charge is 2.16. The van der Waals surface area contributed by atoms with Gasteiger partial charge in [0.15, 0.2) is 0 Å². The lowest BCUT2D eigenvalue weighted by Crippen LogP contribution is -2.24. The van der Waals surface area contributed by atoms with Gasteiger partial charge in [0.1, 0.15) is 29.1 Å². The zero-order valence-electron chi connectivity index (χ0n) is 17.7. The second-order valence-electron chi connectivity index (χ2n) is 6.77. The quantitative estimate of drug-likeness (QED) is 0.393. The van der Waals surface area contributed by atoms with Crippen LogP contribution in [0.3, 0.4) is 0 Å². The lowest BCUT2D eigenvalue weighted by atomic mass is 10.2. The molecule has 0 bridgehead atoms. The van der Waals surface area contributed by atoms with Crippen molar-refractivity contribution in [3.05, 3.63) is 69.0 Å². The highest BCUT2D eigenvalue weighted by Crippen LogP contribution is 2.23. The number of benzene rings is 1. The van der Waals surface area contributed by atoms with Crippen molar-refractivity contribution in [3.63, 3.8) is 0 Å². The smallest absolute Gasteiger partial charge is 0.267 e. The molecule has 10 nitrogen and oxygen atoms in total. The molecule has 6 N–H and O–H groups in total. The SMILES string of the molecule is CCc1nc2cccc(Cl)c2c(=O)n1-c1cncc(C(F)F)c1.N#Cc1c(N)nc(N)nc1N. The van der Waals surface area contributed by atoms with Crippen LogP contribution in [0.15, 0.2) is 41.5 Å². The maximum atomic E-state index is 12.9. The molecule has 0 saturated carbocycles. The number of alkyl halides is 2. The largest absolute Gasteiger partial charge is 0.382 e. The number of nitrogen functional groups attached to an aromatic ring is 3. The third-order valence-corrected chi connectivity index (χ3v) is 4.90. The summed E-state index contributed by atoms with van der Waals surface area (Å²) in [6.45, 7) is 1.83. The van der Waals surface area contributed by atoms with E-state index >= 15 is 0 Å². The van der Waals surface area contributed by atoms with Crippen LogP contribution >= 0.6 is 11.6 Å². The molecule has 3 heterocycles. The first-order valence-corrected chi connectivity index (χ1v) is 10.1. The molecule has 174 valence electrons. The van der Waals surface area contributed by atoms with Crippen molar-refractivity contribution >= 4 is 40.1 Å². The minimum absolute atomic E-state index is 0.0116. The molecule has 0 atom stereocenters. The molecule has 0 fully saturated rings. The fourth-order valence-corrected chi connectivity index (χ4v) is 3.31. The van der Waals surface area contributed by atoms with Gasteiger partial charge in [0.25, 0.3) is 12.0 Å². The van der Waals surface area contributed by atoms with Gasteiger partial charge in [-0.25, -0.2) is 13.8 Å². The van der Waals surface area contributed by atoms with Crippen molar-refractivity contribution in [3.8, 4) is 11.8 Å². The van der Waals surface area contributed by atoms with Crippen molar-refractivity contribution < 1.29 is 8.78 Å². The Labute approximate surface area is 196 Å². The Balaban J connectivity index is 0.000000248. The van der Waals surface area contributed by atoms with Crippen LogP contribution in [-0.2, 0) is 6.42 Å². The first-order chi connectivity index (χ1) is 16.2. The van der Waals surface area contributed by atoms with Gasteiger partial charge in [-0.2, -0.15) is 15.2 Å². The summed E-state index contributed by atoms with van der Waals surface area (Å²) < 4.78 is 27.1. The van der Waals surface area contributed by atoms with E-state index in [-0.39, 0.29) is 44.8 Å². The standard InChI is InChI=1S/C16H12ClF2N3O.C5H6N6/c1-2-13-21-12-5-3-4-11(17)14(12)16(23)22(13)10-6-9(15(18)19)7-20-8-10;6-1-2-3(7)10-5(9)11-4(2)8/h3-8,15H,2H2,1H3;(H6,7,8,9,10,11). The number of hydrogen-bond donors (Lipinski definition) is 3. The summed E-state index contributed by atoms with van der Waals surface area (Å²) >= 11 is 6.11. The molecule has 0 aliphatic rings. The Bertz CT molecular complexity index is 1440. The Morgan fingerprint density at radius 3 is 2.41 bits per heavy atom. The number of nitrogens with two attached hydrogens (primary N) is 3. The molecule has 4 rings (SSSR count). The molecular weight excluding hydrogens is 468 g/mol. The molecular formula is C21H18ClF2N9O. The second-order valence-corrected chi connectivity index (χ2v) is 7.18. The van der Waals surface area contributed by atoms with Crippen LogP contribution in [0.5, 0.6) is 0 Å². The van der Waals surface area contributed by atoms with Crippen LogP contribution < -0.4 is 22.8 Å². The molecule has 34 heavy (non-hydrogen) atoms. The van der Waals surface area contributed by atoms with Crippen LogP contribution in [0.4, 0.5) is 26.4 Å². The van der Waals surface area contributed by atoms with E-state index in [4.69, 9.17) is 34.1 Å². The second kappa shape index (κ2) is 10.1. The van der Waals surface area contributed by atoms with Crippen LogP contribution in [-0.4, -0.2) is 24.5 Å². The minimum Gasteiger partial charge on any atom is -0.382 e. The van der Waals surface area contributed by atoms with Crippen molar-refractivity contribution in [1.82, 2.24) is 24.5 Å². The molecule has 0 radical (unpaired) electrons. The number of nitrogens with zero attached hydrogens (tertiary/aromatic N) is 6. The van der Waals surface area contributed by atoms with Crippen molar-refractivity contribution in [2.75, 3.05) is 17.2 Å². The van der Waals surface area contributed by atoms with Gasteiger partial charge < -0.3 is 17.2 Å². The van der Waals surface area contributed by atoms with Gasteiger partial charge in [-0.15, -0.1) is 0 Å². The highest BCUT2D eigenvalue weighted by atomic mass is 35.5. The molecule has 0 aliphatic carbocycles. The third-order valence-electron chi connectivity index (χ3n) is 4.58. The molecule has 4 aromatic rings. The van der Waals surface area contributed by atoms with E-state index in [0.717, 1.165) is 6.20 Å². The number of aromatic nitrogens is 5. The van der Waals surface area contributed by atoms with Crippen molar-refractivity contribution in [1.29, 1.82) is 5.26 Å². The number of fused-ring (bicyclic) bond motifs is 1. The predicted octanol–water partition coefficient (Wildman–Crippen LogP) is 3.03. The number of rotatable bonds is 3. The van der Waals surface area contributed by atoms with E-state index in [2.05, 4.69) is 19.9 Å². The van der Waals surface area contributed by atoms with Gasteiger partial charge in [0.05, 0.1) is 27.8 Å². The van der Waals surface area contributed by atoms with Crippen LogP contribution in [0.1, 0.15) is 30.3 Å².